The highest BCUT2D eigenvalue weighted by Crippen LogP contribution is 2.31. The van der Waals surface area contributed by atoms with Crippen LogP contribution in [0.15, 0.2) is 12.1 Å². The summed E-state index contributed by atoms with van der Waals surface area (Å²) in [6.45, 7) is 6.02. The molecule has 0 heterocycles. The molecule has 1 rings (SSSR count). The van der Waals surface area contributed by atoms with E-state index in [4.69, 9.17) is 23.2 Å². The number of rotatable bonds is 5. The first-order valence-corrected chi connectivity index (χ1v) is 6.55. The molecule has 1 unspecified atom stereocenters. The largest absolute Gasteiger partial charge is 0.506 e. The molecule has 96 valence electrons. The SMILES string of the molecule is CCC(C)CN(C)Cc1cc(Cl)cc(Cl)c1O. The van der Waals surface area contributed by atoms with E-state index in [1.165, 1.54) is 0 Å². The molecule has 0 saturated heterocycles. The number of phenols is 1. The monoisotopic (exact) mass is 275 g/mol. The lowest BCUT2D eigenvalue weighted by Crippen LogP contribution is -2.23. The molecule has 0 aliphatic carbocycles. The van der Waals surface area contributed by atoms with Crippen molar-refractivity contribution in [2.45, 2.75) is 26.8 Å². The number of nitrogens with zero attached hydrogens (tertiary/aromatic N) is 1. The summed E-state index contributed by atoms with van der Waals surface area (Å²) >= 11 is 11.8. The van der Waals surface area contributed by atoms with Gasteiger partial charge in [0.2, 0.25) is 0 Å². The molecule has 4 heteroatoms. The predicted octanol–water partition coefficient (Wildman–Crippen LogP) is 4.18. The summed E-state index contributed by atoms with van der Waals surface area (Å²) in [6.07, 6.45) is 1.15. The van der Waals surface area contributed by atoms with Crippen LogP contribution >= 0.6 is 23.2 Å². The quantitative estimate of drug-likeness (QED) is 0.872. The first kappa shape index (κ1) is 14.6. The lowest BCUT2D eigenvalue weighted by Gasteiger charge is -2.21. The van der Waals surface area contributed by atoms with E-state index in [-0.39, 0.29) is 5.75 Å². The van der Waals surface area contributed by atoms with E-state index in [2.05, 4.69) is 18.7 Å². The molecule has 0 spiro atoms. The number of phenolic OH excluding ortho intramolecular Hbond substituents is 1. The van der Waals surface area contributed by atoms with Crippen molar-refractivity contribution < 1.29 is 5.11 Å². The smallest absolute Gasteiger partial charge is 0.138 e. The maximum absolute atomic E-state index is 9.84. The van der Waals surface area contributed by atoms with Gasteiger partial charge in [-0.25, -0.2) is 0 Å². The maximum atomic E-state index is 9.84. The Morgan fingerprint density at radius 1 is 1.35 bits per heavy atom. The molecule has 1 atom stereocenters. The van der Waals surface area contributed by atoms with Crippen molar-refractivity contribution in [3.05, 3.63) is 27.7 Å². The van der Waals surface area contributed by atoms with Gasteiger partial charge in [-0.2, -0.15) is 0 Å². The fraction of sp³-hybridized carbons (Fsp3) is 0.538. The van der Waals surface area contributed by atoms with Gasteiger partial charge in [-0.1, -0.05) is 43.5 Å². The first-order chi connectivity index (χ1) is 7.93. The van der Waals surface area contributed by atoms with Gasteiger partial charge in [-0.3, -0.25) is 0 Å². The third kappa shape index (κ3) is 4.38. The molecule has 0 aliphatic heterocycles. The van der Waals surface area contributed by atoms with Gasteiger partial charge in [-0.15, -0.1) is 0 Å². The number of hydrogen-bond donors (Lipinski definition) is 1. The van der Waals surface area contributed by atoms with E-state index < -0.39 is 0 Å². The van der Waals surface area contributed by atoms with Gasteiger partial charge in [0.05, 0.1) is 5.02 Å². The molecule has 0 amide bonds. The number of hydrogen-bond acceptors (Lipinski definition) is 2. The van der Waals surface area contributed by atoms with E-state index in [9.17, 15) is 5.11 Å². The van der Waals surface area contributed by atoms with Crippen molar-refractivity contribution in [1.29, 1.82) is 0 Å². The van der Waals surface area contributed by atoms with Gasteiger partial charge in [0.15, 0.2) is 0 Å². The first-order valence-electron chi connectivity index (χ1n) is 5.79. The molecule has 0 bridgehead atoms. The van der Waals surface area contributed by atoms with Gasteiger partial charge in [-0.05, 0) is 25.1 Å². The van der Waals surface area contributed by atoms with Crippen LogP contribution < -0.4 is 0 Å². The van der Waals surface area contributed by atoms with Gasteiger partial charge in [0.25, 0.3) is 0 Å². The van der Waals surface area contributed by atoms with Crippen molar-refractivity contribution in [2.24, 2.45) is 5.92 Å². The minimum atomic E-state index is 0.132. The van der Waals surface area contributed by atoms with Gasteiger partial charge in [0, 0.05) is 23.7 Å². The molecule has 17 heavy (non-hydrogen) atoms. The van der Waals surface area contributed by atoms with E-state index in [1.54, 1.807) is 12.1 Å². The molecule has 0 fully saturated rings. The Morgan fingerprint density at radius 2 is 2.00 bits per heavy atom. The zero-order valence-electron chi connectivity index (χ0n) is 10.5. The van der Waals surface area contributed by atoms with Crippen molar-refractivity contribution in [2.75, 3.05) is 13.6 Å². The fourth-order valence-electron chi connectivity index (χ4n) is 1.76. The Balaban J connectivity index is 2.74. The topological polar surface area (TPSA) is 23.5 Å². The predicted molar refractivity (Wildman–Crippen MR) is 73.9 cm³/mol. The zero-order valence-corrected chi connectivity index (χ0v) is 12.0. The van der Waals surface area contributed by atoms with E-state index in [0.717, 1.165) is 18.5 Å². The summed E-state index contributed by atoms with van der Waals surface area (Å²) in [7, 11) is 2.03. The van der Waals surface area contributed by atoms with Crippen molar-refractivity contribution in [1.82, 2.24) is 4.90 Å². The van der Waals surface area contributed by atoms with Crippen LogP contribution in [0.3, 0.4) is 0 Å². The lowest BCUT2D eigenvalue weighted by atomic mass is 10.1. The van der Waals surface area contributed by atoms with Crippen LogP contribution in [-0.4, -0.2) is 23.6 Å². The number of benzene rings is 1. The highest BCUT2D eigenvalue weighted by Gasteiger charge is 2.11. The van der Waals surface area contributed by atoms with Crippen molar-refractivity contribution >= 4 is 23.2 Å². The van der Waals surface area contributed by atoms with Crippen LogP contribution in [0.2, 0.25) is 10.0 Å². The van der Waals surface area contributed by atoms with Crippen LogP contribution in [0.1, 0.15) is 25.8 Å². The zero-order chi connectivity index (χ0) is 13.0. The molecule has 0 aromatic heterocycles. The summed E-state index contributed by atoms with van der Waals surface area (Å²) in [5.41, 5.74) is 0.772. The van der Waals surface area contributed by atoms with Crippen LogP contribution in [0.4, 0.5) is 0 Å². The fourth-order valence-corrected chi connectivity index (χ4v) is 2.29. The third-order valence-electron chi connectivity index (χ3n) is 2.87. The number of halogens is 2. The highest BCUT2D eigenvalue weighted by molar-refractivity contribution is 6.35. The second-order valence-corrected chi connectivity index (χ2v) is 5.45. The Labute approximate surface area is 113 Å². The number of aromatic hydroxyl groups is 1. The van der Waals surface area contributed by atoms with Crippen molar-refractivity contribution in [3.8, 4) is 5.75 Å². The lowest BCUT2D eigenvalue weighted by molar-refractivity contribution is 0.271. The summed E-state index contributed by atoms with van der Waals surface area (Å²) in [5.74, 6) is 0.767. The Kier molecular flexibility index (Phi) is 5.57. The minimum Gasteiger partial charge on any atom is -0.506 e. The second kappa shape index (κ2) is 6.48. The third-order valence-corrected chi connectivity index (χ3v) is 3.37. The molecule has 0 radical (unpaired) electrons. The molecule has 1 aromatic rings. The highest BCUT2D eigenvalue weighted by atomic mass is 35.5. The van der Waals surface area contributed by atoms with Gasteiger partial charge in [0.1, 0.15) is 5.75 Å². The average Bonchev–Trinajstić information content (AvgIpc) is 2.24. The molecule has 2 nitrogen and oxygen atoms in total. The Morgan fingerprint density at radius 3 is 2.59 bits per heavy atom. The Bertz CT molecular complexity index is 382. The molecule has 0 saturated carbocycles. The van der Waals surface area contributed by atoms with Crippen LogP contribution in [0.5, 0.6) is 5.75 Å². The molecule has 0 aliphatic rings. The van der Waals surface area contributed by atoms with Crippen LogP contribution in [-0.2, 0) is 6.54 Å². The second-order valence-electron chi connectivity index (χ2n) is 4.61. The molecule has 1 N–H and O–H groups in total. The van der Waals surface area contributed by atoms with Gasteiger partial charge >= 0.3 is 0 Å². The van der Waals surface area contributed by atoms with Crippen LogP contribution in [0.25, 0.3) is 0 Å². The summed E-state index contributed by atoms with van der Waals surface area (Å²) in [4.78, 5) is 2.16. The van der Waals surface area contributed by atoms with E-state index >= 15 is 0 Å². The average molecular weight is 276 g/mol. The standard InChI is InChI=1S/C13H19Cl2NO/c1-4-9(2)7-16(3)8-10-5-11(14)6-12(15)13(10)17/h5-6,9,17H,4,7-8H2,1-3H3. The van der Waals surface area contributed by atoms with E-state index in [0.29, 0.717) is 22.5 Å². The Hall–Kier alpha value is -0.440. The maximum Gasteiger partial charge on any atom is 0.138 e. The molecule has 1 aromatic carbocycles. The van der Waals surface area contributed by atoms with Gasteiger partial charge < -0.3 is 10.0 Å². The van der Waals surface area contributed by atoms with Crippen molar-refractivity contribution in [3.63, 3.8) is 0 Å². The summed E-state index contributed by atoms with van der Waals surface area (Å²) in [6, 6.07) is 3.31. The normalized spacial score (nSPS) is 13.1. The molecular weight excluding hydrogens is 257 g/mol. The summed E-state index contributed by atoms with van der Waals surface area (Å²) < 4.78 is 0. The van der Waals surface area contributed by atoms with E-state index in [1.807, 2.05) is 7.05 Å². The molecular formula is C13H19Cl2NO. The summed E-state index contributed by atoms with van der Waals surface area (Å²) in [5, 5.41) is 10.7. The minimum absolute atomic E-state index is 0.132. The van der Waals surface area contributed by atoms with Crippen LogP contribution in [0, 0.1) is 5.92 Å².